The second kappa shape index (κ2) is 5.82. The SMILES string of the molecule is Cc1ccccc1C(=O)Oc1ccc(/C=N\O)cc1. The maximum Gasteiger partial charge on any atom is 0.343 e. The Balaban J connectivity index is 2.13. The zero-order chi connectivity index (χ0) is 13.7. The molecule has 2 rings (SSSR count). The van der Waals surface area contributed by atoms with E-state index in [2.05, 4.69) is 5.16 Å². The molecule has 0 saturated carbocycles. The molecule has 0 fully saturated rings. The largest absolute Gasteiger partial charge is 0.423 e. The number of hydrogen-bond acceptors (Lipinski definition) is 4. The van der Waals surface area contributed by atoms with E-state index in [1.807, 2.05) is 19.1 Å². The molecule has 0 aromatic heterocycles. The Labute approximate surface area is 111 Å². The van der Waals surface area contributed by atoms with Gasteiger partial charge >= 0.3 is 5.97 Å². The maximum absolute atomic E-state index is 12.0. The smallest absolute Gasteiger partial charge is 0.343 e. The highest BCUT2D eigenvalue weighted by Gasteiger charge is 2.10. The molecule has 2 aromatic rings. The van der Waals surface area contributed by atoms with E-state index in [9.17, 15) is 4.79 Å². The summed E-state index contributed by atoms with van der Waals surface area (Å²) in [6.45, 7) is 1.86. The van der Waals surface area contributed by atoms with Crippen LogP contribution in [0.4, 0.5) is 0 Å². The first kappa shape index (κ1) is 12.8. The molecule has 0 heterocycles. The first-order chi connectivity index (χ1) is 9.20. The van der Waals surface area contributed by atoms with E-state index in [1.54, 1.807) is 36.4 Å². The Morgan fingerprint density at radius 1 is 1.16 bits per heavy atom. The number of rotatable bonds is 3. The number of aryl methyl sites for hydroxylation is 1. The van der Waals surface area contributed by atoms with Gasteiger partial charge in [-0.3, -0.25) is 0 Å². The number of nitrogens with zero attached hydrogens (tertiary/aromatic N) is 1. The summed E-state index contributed by atoms with van der Waals surface area (Å²) in [7, 11) is 0. The van der Waals surface area contributed by atoms with Gasteiger partial charge < -0.3 is 9.94 Å². The minimum absolute atomic E-state index is 0.387. The summed E-state index contributed by atoms with van der Waals surface area (Å²) >= 11 is 0. The molecule has 4 heteroatoms. The van der Waals surface area contributed by atoms with Crippen LogP contribution < -0.4 is 4.74 Å². The lowest BCUT2D eigenvalue weighted by Gasteiger charge is -2.06. The van der Waals surface area contributed by atoms with Crippen LogP contribution in [0.3, 0.4) is 0 Å². The zero-order valence-corrected chi connectivity index (χ0v) is 10.4. The molecule has 0 saturated heterocycles. The van der Waals surface area contributed by atoms with Gasteiger partial charge in [-0.25, -0.2) is 4.79 Å². The molecule has 2 aromatic carbocycles. The number of carbonyl (C=O) groups excluding carboxylic acids is 1. The normalized spacial score (nSPS) is 10.6. The van der Waals surface area contributed by atoms with E-state index in [-0.39, 0.29) is 5.97 Å². The molecule has 0 aliphatic heterocycles. The van der Waals surface area contributed by atoms with Crippen LogP contribution in [0.1, 0.15) is 21.5 Å². The van der Waals surface area contributed by atoms with Gasteiger partial charge in [-0.15, -0.1) is 0 Å². The Bertz CT molecular complexity index is 603. The molecule has 0 unspecified atom stereocenters. The van der Waals surface area contributed by atoms with Crippen molar-refractivity contribution in [2.75, 3.05) is 0 Å². The average Bonchev–Trinajstić information content (AvgIpc) is 2.42. The van der Waals surface area contributed by atoms with Gasteiger partial charge in [0.1, 0.15) is 5.75 Å². The Morgan fingerprint density at radius 3 is 2.47 bits per heavy atom. The van der Waals surface area contributed by atoms with Gasteiger partial charge in [0, 0.05) is 0 Å². The zero-order valence-electron chi connectivity index (χ0n) is 10.4. The molecule has 19 heavy (non-hydrogen) atoms. The van der Waals surface area contributed by atoms with Gasteiger partial charge in [0.05, 0.1) is 11.8 Å². The molecule has 1 N–H and O–H groups in total. The highest BCUT2D eigenvalue weighted by Crippen LogP contribution is 2.15. The van der Waals surface area contributed by atoms with Crippen molar-refractivity contribution in [3.8, 4) is 5.75 Å². The predicted molar refractivity (Wildman–Crippen MR) is 72.0 cm³/mol. The lowest BCUT2D eigenvalue weighted by atomic mass is 10.1. The quantitative estimate of drug-likeness (QED) is 0.301. The fourth-order valence-corrected chi connectivity index (χ4v) is 1.65. The molecule has 0 bridgehead atoms. The Morgan fingerprint density at radius 2 is 1.84 bits per heavy atom. The van der Waals surface area contributed by atoms with Crippen molar-refractivity contribution in [1.82, 2.24) is 0 Å². The van der Waals surface area contributed by atoms with Crippen molar-refractivity contribution in [3.63, 3.8) is 0 Å². The van der Waals surface area contributed by atoms with Crippen molar-refractivity contribution in [2.45, 2.75) is 6.92 Å². The van der Waals surface area contributed by atoms with Crippen LogP contribution in [0.25, 0.3) is 0 Å². The number of ether oxygens (including phenoxy) is 1. The second-order valence-electron chi connectivity index (χ2n) is 4.02. The monoisotopic (exact) mass is 255 g/mol. The highest BCUT2D eigenvalue weighted by atomic mass is 16.5. The van der Waals surface area contributed by atoms with Gasteiger partial charge in [-0.2, -0.15) is 0 Å². The van der Waals surface area contributed by atoms with Gasteiger partial charge in [0.25, 0.3) is 0 Å². The average molecular weight is 255 g/mol. The molecule has 0 aliphatic rings. The molecule has 96 valence electrons. The third-order valence-electron chi connectivity index (χ3n) is 2.66. The maximum atomic E-state index is 12.0. The van der Waals surface area contributed by atoms with Crippen LogP contribution in [-0.2, 0) is 0 Å². The van der Waals surface area contributed by atoms with Crippen molar-refractivity contribution in [3.05, 3.63) is 65.2 Å². The van der Waals surface area contributed by atoms with E-state index in [0.29, 0.717) is 11.3 Å². The van der Waals surface area contributed by atoms with Crippen molar-refractivity contribution in [1.29, 1.82) is 0 Å². The Hall–Kier alpha value is -2.62. The molecule has 4 nitrogen and oxygen atoms in total. The van der Waals surface area contributed by atoms with Crippen molar-refractivity contribution < 1.29 is 14.7 Å². The highest BCUT2D eigenvalue weighted by molar-refractivity contribution is 5.92. The number of hydrogen-bond donors (Lipinski definition) is 1. The minimum atomic E-state index is -0.387. The van der Waals surface area contributed by atoms with E-state index >= 15 is 0 Å². The van der Waals surface area contributed by atoms with E-state index in [0.717, 1.165) is 11.1 Å². The molecule has 0 atom stereocenters. The Kier molecular flexibility index (Phi) is 3.93. The number of benzene rings is 2. The topological polar surface area (TPSA) is 58.9 Å². The summed E-state index contributed by atoms with van der Waals surface area (Å²) in [6.07, 6.45) is 1.30. The van der Waals surface area contributed by atoms with Gasteiger partial charge in [-0.05, 0) is 48.4 Å². The molecule has 0 radical (unpaired) electrons. The molecular weight excluding hydrogens is 242 g/mol. The summed E-state index contributed by atoms with van der Waals surface area (Å²) in [6, 6.07) is 13.9. The lowest BCUT2D eigenvalue weighted by Crippen LogP contribution is -2.09. The third-order valence-corrected chi connectivity index (χ3v) is 2.66. The summed E-state index contributed by atoms with van der Waals surface area (Å²) in [4.78, 5) is 12.0. The van der Waals surface area contributed by atoms with Crippen LogP contribution in [-0.4, -0.2) is 17.4 Å². The summed E-state index contributed by atoms with van der Waals surface area (Å²) in [5.41, 5.74) is 2.14. The predicted octanol–water partition coefficient (Wildman–Crippen LogP) is 3.02. The minimum Gasteiger partial charge on any atom is -0.423 e. The molecule has 0 amide bonds. The van der Waals surface area contributed by atoms with Gasteiger partial charge in [0.15, 0.2) is 0 Å². The number of oxime groups is 1. The van der Waals surface area contributed by atoms with E-state index < -0.39 is 0 Å². The lowest BCUT2D eigenvalue weighted by molar-refractivity contribution is 0.0734. The van der Waals surface area contributed by atoms with Crippen LogP contribution >= 0.6 is 0 Å². The first-order valence-corrected chi connectivity index (χ1v) is 5.76. The van der Waals surface area contributed by atoms with E-state index in [4.69, 9.17) is 9.94 Å². The van der Waals surface area contributed by atoms with E-state index in [1.165, 1.54) is 6.21 Å². The van der Waals surface area contributed by atoms with Crippen LogP contribution in [0.5, 0.6) is 5.75 Å². The van der Waals surface area contributed by atoms with Gasteiger partial charge in [-0.1, -0.05) is 23.4 Å². The molecular formula is C15H13NO3. The van der Waals surface area contributed by atoms with Crippen molar-refractivity contribution >= 4 is 12.2 Å². The number of carbonyl (C=O) groups is 1. The molecule has 0 spiro atoms. The fraction of sp³-hybridized carbons (Fsp3) is 0.0667. The van der Waals surface area contributed by atoms with Crippen LogP contribution in [0.15, 0.2) is 53.7 Å². The fourth-order valence-electron chi connectivity index (χ4n) is 1.65. The van der Waals surface area contributed by atoms with Crippen LogP contribution in [0, 0.1) is 6.92 Å². The van der Waals surface area contributed by atoms with Gasteiger partial charge in [0.2, 0.25) is 0 Å². The van der Waals surface area contributed by atoms with Crippen molar-refractivity contribution in [2.24, 2.45) is 5.16 Å². The standard InChI is InChI=1S/C15H13NO3/c1-11-4-2-3-5-14(11)15(17)19-13-8-6-12(7-9-13)10-16-18/h2-10,18H,1H3/b16-10-. The second-order valence-corrected chi connectivity index (χ2v) is 4.02. The third kappa shape index (κ3) is 3.19. The summed E-state index contributed by atoms with van der Waals surface area (Å²) in [5, 5.41) is 11.3. The number of esters is 1. The summed E-state index contributed by atoms with van der Waals surface area (Å²) in [5.74, 6) is 0.0602. The summed E-state index contributed by atoms with van der Waals surface area (Å²) < 4.78 is 5.27. The first-order valence-electron chi connectivity index (χ1n) is 5.76. The molecule has 0 aliphatic carbocycles. The van der Waals surface area contributed by atoms with Crippen LogP contribution in [0.2, 0.25) is 0 Å².